The summed E-state index contributed by atoms with van der Waals surface area (Å²) in [7, 11) is 0. The first-order valence-corrected chi connectivity index (χ1v) is 10.5. The molecule has 2 aromatic rings. The lowest BCUT2D eigenvalue weighted by Crippen LogP contribution is -2.36. The molecule has 1 N–H and O–H groups in total. The second kappa shape index (κ2) is 7.80. The number of hydrogen-bond acceptors (Lipinski definition) is 6. The molecule has 1 aromatic heterocycles. The minimum atomic E-state index is -0.587. The molecule has 1 aromatic carbocycles. The van der Waals surface area contributed by atoms with Crippen molar-refractivity contribution in [1.82, 2.24) is 9.66 Å². The van der Waals surface area contributed by atoms with Crippen molar-refractivity contribution in [2.45, 2.75) is 13.3 Å². The number of nitriles is 1. The summed E-state index contributed by atoms with van der Waals surface area (Å²) in [5, 5.41) is 9.80. The van der Waals surface area contributed by atoms with Gasteiger partial charge >= 0.3 is 0 Å². The molecule has 6 nitrogen and oxygen atoms in total. The monoisotopic (exact) mass is 484 g/mol. The van der Waals surface area contributed by atoms with Crippen LogP contribution in [0, 0.1) is 21.8 Å². The van der Waals surface area contributed by atoms with E-state index in [1.807, 2.05) is 12.1 Å². The van der Waals surface area contributed by atoms with Crippen LogP contribution in [0.4, 0.5) is 0 Å². The smallest absolute Gasteiger partial charge is 0.267 e. The van der Waals surface area contributed by atoms with E-state index in [-0.39, 0.29) is 11.1 Å². The van der Waals surface area contributed by atoms with Crippen LogP contribution in [0.25, 0.3) is 10.9 Å². The molecule has 1 saturated heterocycles. The van der Waals surface area contributed by atoms with E-state index in [1.54, 1.807) is 19.1 Å². The number of halogens is 1. The van der Waals surface area contributed by atoms with E-state index in [0.717, 1.165) is 26.2 Å². The fourth-order valence-electron chi connectivity index (χ4n) is 2.32. The highest BCUT2D eigenvalue weighted by atomic mass is 127. The lowest BCUT2D eigenvalue weighted by atomic mass is 10.2. The van der Waals surface area contributed by atoms with Gasteiger partial charge in [-0.1, -0.05) is 0 Å². The van der Waals surface area contributed by atoms with E-state index in [1.165, 1.54) is 23.5 Å². The second-order valence-corrected chi connectivity index (χ2v) is 8.94. The predicted octanol–water partition coefficient (Wildman–Crippen LogP) is 2.98. The van der Waals surface area contributed by atoms with Gasteiger partial charge in [0.15, 0.2) is 0 Å². The molecule has 0 spiro atoms. The van der Waals surface area contributed by atoms with Crippen LogP contribution in [-0.4, -0.2) is 27.1 Å². The summed E-state index contributed by atoms with van der Waals surface area (Å²) in [6.45, 7) is 1.64. The molecule has 9 heteroatoms. The van der Waals surface area contributed by atoms with Crippen LogP contribution in [-0.2, 0) is 4.79 Å². The molecule has 0 saturated carbocycles. The molecule has 128 valence electrons. The van der Waals surface area contributed by atoms with Crippen LogP contribution in [0.1, 0.15) is 12.2 Å². The Morgan fingerprint density at radius 3 is 2.80 bits per heavy atom. The molecule has 1 aliphatic heterocycles. The van der Waals surface area contributed by atoms with E-state index >= 15 is 0 Å². The van der Waals surface area contributed by atoms with Gasteiger partial charge in [0, 0.05) is 3.57 Å². The SMILES string of the molecule is Cc1nc2ccc(I)cc2c(=O)n1NC(=O)C(C#N)=C1SCCCS1. The highest BCUT2D eigenvalue weighted by Crippen LogP contribution is 2.37. The van der Waals surface area contributed by atoms with E-state index in [0.29, 0.717) is 21.0 Å². The Hall–Kier alpha value is -1.51. The Kier molecular flexibility index (Phi) is 5.71. The van der Waals surface area contributed by atoms with Gasteiger partial charge in [0.2, 0.25) is 0 Å². The third kappa shape index (κ3) is 3.86. The van der Waals surface area contributed by atoms with Crippen LogP contribution >= 0.6 is 46.1 Å². The Morgan fingerprint density at radius 1 is 1.40 bits per heavy atom. The lowest BCUT2D eigenvalue weighted by molar-refractivity contribution is -0.113. The highest BCUT2D eigenvalue weighted by molar-refractivity contribution is 14.1. The van der Waals surface area contributed by atoms with Gasteiger partial charge in [-0.05, 0) is 65.6 Å². The van der Waals surface area contributed by atoms with Gasteiger partial charge in [-0.15, -0.1) is 23.5 Å². The van der Waals surface area contributed by atoms with Crippen molar-refractivity contribution >= 4 is 62.9 Å². The molecular formula is C16H13IN4O2S2. The Balaban J connectivity index is 2.01. The number of fused-ring (bicyclic) bond motifs is 1. The molecule has 0 atom stereocenters. The van der Waals surface area contributed by atoms with E-state index < -0.39 is 5.91 Å². The molecule has 25 heavy (non-hydrogen) atoms. The standard InChI is InChI=1S/C16H13IN4O2S2/c1-9-19-13-4-3-10(17)7-11(13)15(23)21(9)20-14(22)12(8-18)16-24-5-2-6-25-16/h3-4,7H,2,5-6H2,1H3,(H,20,22). The molecule has 3 rings (SSSR count). The van der Waals surface area contributed by atoms with Gasteiger partial charge in [0.05, 0.1) is 15.1 Å². The molecule has 1 fully saturated rings. The topological polar surface area (TPSA) is 87.8 Å². The van der Waals surface area contributed by atoms with E-state index in [9.17, 15) is 14.9 Å². The summed E-state index contributed by atoms with van der Waals surface area (Å²) in [5.41, 5.74) is 2.79. The maximum Gasteiger partial charge on any atom is 0.282 e. The number of carbonyl (C=O) groups is 1. The number of carbonyl (C=O) groups excluding carboxylic acids is 1. The summed E-state index contributed by atoms with van der Waals surface area (Å²) in [6.07, 6.45) is 1.05. The second-order valence-electron chi connectivity index (χ2n) is 5.23. The van der Waals surface area contributed by atoms with Crippen molar-refractivity contribution in [3.8, 4) is 6.07 Å². The van der Waals surface area contributed by atoms with Crippen LogP contribution in [0.3, 0.4) is 0 Å². The average Bonchev–Trinajstić information content (AvgIpc) is 2.61. The van der Waals surface area contributed by atoms with Crippen molar-refractivity contribution < 1.29 is 4.79 Å². The molecule has 0 radical (unpaired) electrons. The predicted molar refractivity (Wildman–Crippen MR) is 110 cm³/mol. The summed E-state index contributed by atoms with van der Waals surface area (Å²) < 4.78 is 2.72. The van der Waals surface area contributed by atoms with Crippen LogP contribution in [0.2, 0.25) is 0 Å². The molecule has 2 heterocycles. The number of hydrogen-bond donors (Lipinski definition) is 1. The van der Waals surface area contributed by atoms with Crippen molar-refractivity contribution in [3.05, 3.63) is 47.8 Å². The van der Waals surface area contributed by atoms with Crippen molar-refractivity contribution in [2.24, 2.45) is 0 Å². The third-order valence-electron chi connectivity index (χ3n) is 3.51. The summed E-state index contributed by atoms with van der Waals surface area (Å²) in [6, 6.07) is 7.33. The molecule has 0 aliphatic carbocycles. The number of nitrogens with one attached hydrogen (secondary N) is 1. The minimum Gasteiger partial charge on any atom is -0.267 e. The van der Waals surface area contributed by atoms with Crippen molar-refractivity contribution in [3.63, 3.8) is 0 Å². The Labute approximate surface area is 166 Å². The molecule has 1 aliphatic rings. The Bertz CT molecular complexity index is 986. The van der Waals surface area contributed by atoms with Crippen LogP contribution < -0.4 is 11.0 Å². The lowest BCUT2D eigenvalue weighted by Gasteiger charge is -2.16. The fourth-order valence-corrected chi connectivity index (χ4v) is 5.34. The zero-order valence-corrected chi connectivity index (χ0v) is 17.0. The van der Waals surface area contributed by atoms with Gasteiger partial charge < -0.3 is 0 Å². The maximum atomic E-state index is 12.7. The largest absolute Gasteiger partial charge is 0.282 e. The number of aryl methyl sites for hydroxylation is 1. The third-order valence-corrected chi connectivity index (χ3v) is 6.81. The summed E-state index contributed by atoms with van der Waals surface area (Å²) >= 11 is 5.12. The first-order chi connectivity index (χ1) is 12.0. The number of amides is 1. The quantitative estimate of drug-likeness (QED) is 0.401. The maximum absolute atomic E-state index is 12.7. The molecule has 0 unspecified atom stereocenters. The average molecular weight is 484 g/mol. The van der Waals surface area contributed by atoms with Crippen molar-refractivity contribution in [1.29, 1.82) is 5.26 Å². The van der Waals surface area contributed by atoms with Crippen molar-refractivity contribution in [2.75, 3.05) is 16.9 Å². The molecular weight excluding hydrogens is 471 g/mol. The number of aromatic nitrogens is 2. The summed E-state index contributed by atoms with van der Waals surface area (Å²) in [4.78, 5) is 29.6. The summed E-state index contributed by atoms with van der Waals surface area (Å²) in [5.74, 6) is 1.54. The van der Waals surface area contributed by atoms with Gasteiger partial charge in [-0.2, -0.15) is 5.26 Å². The van der Waals surface area contributed by atoms with E-state index in [4.69, 9.17) is 0 Å². The number of thioether (sulfide) groups is 2. The van der Waals surface area contributed by atoms with E-state index in [2.05, 4.69) is 33.0 Å². The number of nitrogens with zero attached hydrogens (tertiary/aromatic N) is 3. The van der Waals surface area contributed by atoms with Gasteiger partial charge in [0.25, 0.3) is 11.5 Å². The van der Waals surface area contributed by atoms with Gasteiger partial charge in [0.1, 0.15) is 17.5 Å². The normalized spacial score (nSPS) is 14.2. The minimum absolute atomic E-state index is 0.0451. The highest BCUT2D eigenvalue weighted by Gasteiger charge is 2.20. The Morgan fingerprint density at radius 2 is 2.12 bits per heavy atom. The molecule has 1 amide bonds. The number of rotatable bonds is 2. The first-order valence-electron chi connectivity index (χ1n) is 7.41. The van der Waals surface area contributed by atoms with Crippen LogP contribution in [0.15, 0.2) is 32.8 Å². The first kappa shape index (κ1) is 18.3. The van der Waals surface area contributed by atoms with Gasteiger partial charge in [-0.3, -0.25) is 15.0 Å². The van der Waals surface area contributed by atoms with Crippen LogP contribution in [0.5, 0.6) is 0 Å². The number of benzene rings is 1. The molecule has 0 bridgehead atoms. The fraction of sp³-hybridized carbons (Fsp3) is 0.250. The zero-order valence-electron chi connectivity index (χ0n) is 13.2. The van der Waals surface area contributed by atoms with Gasteiger partial charge in [-0.25, -0.2) is 9.66 Å². The zero-order chi connectivity index (χ0) is 18.0.